The SMILES string of the molecule is O=C(Cc1ccc(-c2ccccc2)cc1)NCC(=O)Nc1ccc(-n2cncn2)cc1. The summed E-state index contributed by atoms with van der Waals surface area (Å²) in [4.78, 5) is 28.2. The van der Waals surface area contributed by atoms with E-state index in [9.17, 15) is 9.59 Å². The molecule has 0 aliphatic rings. The molecule has 7 heteroatoms. The predicted molar refractivity (Wildman–Crippen MR) is 119 cm³/mol. The summed E-state index contributed by atoms with van der Waals surface area (Å²) in [6, 6.07) is 25.1. The van der Waals surface area contributed by atoms with Crippen molar-refractivity contribution >= 4 is 17.5 Å². The van der Waals surface area contributed by atoms with E-state index in [4.69, 9.17) is 0 Å². The molecule has 0 aliphatic carbocycles. The van der Waals surface area contributed by atoms with Gasteiger partial charge in [0.1, 0.15) is 12.7 Å². The van der Waals surface area contributed by atoms with Crippen molar-refractivity contribution in [2.75, 3.05) is 11.9 Å². The molecule has 154 valence electrons. The second kappa shape index (κ2) is 9.49. The van der Waals surface area contributed by atoms with Gasteiger partial charge in [-0.05, 0) is 41.0 Å². The molecule has 1 aromatic heterocycles. The summed E-state index contributed by atoms with van der Waals surface area (Å²) in [6.45, 7) is -0.0915. The summed E-state index contributed by atoms with van der Waals surface area (Å²) < 4.78 is 1.62. The second-order valence-electron chi connectivity index (χ2n) is 6.95. The second-order valence-corrected chi connectivity index (χ2v) is 6.95. The summed E-state index contributed by atoms with van der Waals surface area (Å²) in [5.74, 6) is -0.495. The topological polar surface area (TPSA) is 88.9 Å². The highest BCUT2D eigenvalue weighted by Gasteiger charge is 2.08. The number of hydrogen-bond acceptors (Lipinski definition) is 4. The standard InChI is InChI=1S/C24H21N5O2/c30-23(14-18-6-8-20(9-7-18)19-4-2-1-3-5-19)26-15-24(31)28-21-10-12-22(13-11-21)29-17-25-16-27-29/h1-13,16-17H,14-15H2,(H,26,30)(H,28,31). The van der Waals surface area contributed by atoms with Gasteiger partial charge >= 0.3 is 0 Å². The first-order valence-corrected chi connectivity index (χ1v) is 9.83. The smallest absolute Gasteiger partial charge is 0.243 e. The van der Waals surface area contributed by atoms with Gasteiger partial charge in [-0.1, -0.05) is 54.6 Å². The zero-order chi connectivity index (χ0) is 21.5. The van der Waals surface area contributed by atoms with Gasteiger partial charge in [-0.25, -0.2) is 9.67 Å². The van der Waals surface area contributed by atoms with E-state index in [2.05, 4.69) is 20.7 Å². The van der Waals surface area contributed by atoms with Crippen molar-refractivity contribution < 1.29 is 9.59 Å². The molecular weight excluding hydrogens is 390 g/mol. The van der Waals surface area contributed by atoms with Gasteiger partial charge in [0.25, 0.3) is 0 Å². The van der Waals surface area contributed by atoms with Gasteiger partial charge in [-0.2, -0.15) is 5.10 Å². The minimum absolute atomic E-state index is 0.0915. The van der Waals surface area contributed by atoms with Crippen molar-refractivity contribution in [3.05, 3.63) is 97.1 Å². The molecule has 4 aromatic rings. The number of hydrogen-bond donors (Lipinski definition) is 2. The van der Waals surface area contributed by atoms with Crippen LogP contribution in [-0.2, 0) is 16.0 Å². The number of rotatable bonds is 7. The van der Waals surface area contributed by atoms with Crippen LogP contribution in [0.3, 0.4) is 0 Å². The average Bonchev–Trinajstić information content (AvgIpc) is 3.34. The average molecular weight is 411 g/mol. The Bertz CT molecular complexity index is 1140. The van der Waals surface area contributed by atoms with Gasteiger partial charge in [-0.15, -0.1) is 0 Å². The lowest BCUT2D eigenvalue weighted by molar-refractivity contribution is -0.123. The third kappa shape index (κ3) is 5.42. The number of carbonyl (C=O) groups excluding carboxylic acids is 2. The molecule has 0 saturated heterocycles. The Morgan fingerprint density at radius 1 is 0.806 bits per heavy atom. The minimum atomic E-state index is -0.290. The Hall–Kier alpha value is -4.26. The maximum atomic E-state index is 12.2. The normalized spacial score (nSPS) is 10.5. The zero-order valence-corrected chi connectivity index (χ0v) is 16.7. The van der Waals surface area contributed by atoms with Crippen LogP contribution in [0.1, 0.15) is 5.56 Å². The van der Waals surface area contributed by atoms with Gasteiger partial charge in [0.05, 0.1) is 18.7 Å². The molecule has 4 rings (SSSR count). The van der Waals surface area contributed by atoms with Gasteiger partial charge in [0, 0.05) is 5.69 Å². The van der Waals surface area contributed by atoms with Gasteiger partial charge in [-0.3, -0.25) is 9.59 Å². The fraction of sp³-hybridized carbons (Fsp3) is 0.0833. The third-order valence-electron chi connectivity index (χ3n) is 4.71. The van der Waals surface area contributed by atoms with Crippen molar-refractivity contribution in [3.63, 3.8) is 0 Å². The summed E-state index contributed by atoms with van der Waals surface area (Å²) >= 11 is 0. The van der Waals surface area contributed by atoms with Crippen molar-refractivity contribution in [1.29, 1.82) is 0 Å². The minimum Gasteiger partial charge on any atom is -0.347 e. The van der Waals surface area contributed by atoms with Crippen LogP contribution in [0.2, 0.25) is 0 Å². The molecule has 0 saturated carbocycles. The lowest BCUT2D eigenvalue weighted by atomic mass is 10.0. The van der Waals surface area contributed by atoms with Crippen LogP contribution in [0.25, 0.3) is 16.8 Å². The van der Waals surface area contributed by atoms with E-state index < -0.39 is 0 Å². The molecule has 0 atom stereocenters. The number of carbonyl (C=O) groups is 2. The number of benzene rings is 3. The van der Waals surface area contributed by atoms with E-state index in [1.165, 1.54) is 6.33 Å². The van der Waals surface area contributed by atoms with Crippen LogP contribution < -0.4 is 10.6 Å². The highest BCUT2D eigenvalue weighted by atomic mass is 16.2. The summed E-state index contributed by atoms with van der Waals surface area (Å²) in [6.07, 6.45) is 3.27. The Labute approximate surface area is 179 Å². The van der Waals surface area contributed by atoms with Crippen LogP contribution in [-0.4, -0.2) is 33.1 Å². The number of aromatic nitrogens is 3. The third-order valence-corrected chi connectivity index (χ3v) is 4.71. The predicted octanol–water partition coefficient (Wildman–Crippen LogP) is 3.23. The number of amides is 2. The molecule has 31 heavy (non-hydrogen) atoms. The lowest BCUT2D eigenvalue weighted by Crippen LogP contribution is -2.33. The van der Waals surface area contributed by atoms with Gasteiger partial charge < -0.3 is 10.6 Å². The van der Waals surface area contributed by atoms with Gasteiger partial charge in [0.15, 0.2) is 0 Å². The molecule has 0 bridgehead atoms. The lowest BCUT2D eigenvalue weighted by Gasteiger charge is -2.08. The fourth-order valence-electron chi connectivity index (χ4n) is 3.12. The van der Waals surface area contributed by atoms with E-state index in [1.54, 1.807) is 23.1 Å². The van der Waals surface area contributed by atoms with Crippen molar-refractivity contribution in [1.82, 2.24) is 20.1 Å². The van der Waals surface area contributed by atoms with Crippen LogP contribution in [0.4, 0.5) is 5.69 Å². The highest BCUT2D eigenvalue weighted by Crippen LogP contribution is 2.19. The quantitative estimate of drug-likeness (QED) is 0.489. The van der Waals surface area contributed by atoms with Crippen LogP contribution in [0.5, 0.6) is 0 Å². The van der Waals surface area contributed by atoms with Crippen molar-refractivity contribution in [2.45, 2.75) is 6.42 Å². The maximum absolute atomic E-state index is 12.2. The maximum Gasteiger partial charge on any atom is 0.243 e. The number of anilines is 1. The molecule has 0 unspecified atom stereocenters. The zero-order valence-electron chi connectivity index (χ0n) is 16.7. The highest BCUT2D eigenvalue weighted by molar-refractivity contribution is 5.94. The fourth-order valence-corrected chi connectivity index (χ4v) is 3.12. The van der Waals surface area contributed by atoms with E-state index in [1.807, 2.05) is 66.7 Å². The van der Waals surface area contributed by atoms with E-state index in [0.29, 0.717) is 5.69 Å². The van der Waals surface area contributed by atoms with E-state index >= 15 is 0 Å². The molecule has 3 aromatic carbocycles. The van der Waals surface area contributed by atoms with E-state index in [0.717, 1.165) is 22.4 Å². The Balaban J connectivity index is 1.24. The van der Waals surface area contributed by atoms with Gasteiger partial charge in [0.2, 0.25) is 11.8 Å². The molecular formula is C24H21N5O2. The Morgan fingerprint density at radius 2 is 1.52 bits per heavy atom. The first-order valence-electron chi connectivity index (χ1n) is 9.83. The molecule has 0 spiro atoms. The Kier molecular flexibility index (Phi) is 6.13. The number of nitrogens with zero attached hydrogens (tertiary/aromatic N) is 3. The summed E-state index contributed by atoms with van der Waals surface area (Å²) in [7, 11) is 0. The molecule has 0 fully saturated rings. The number of nitrogens with one attached hydrogen (secondary N) is 2. The molecule has 1 heterocycles. The van der Waals surface area contributed by atoms with Crippen molar-refractivity contribution in [3.8, 4) is 16.8 Å². The molecule has 7 nitrogen and oxygen atoms in total. The van der Waals surface area contributed by atoms with E-state index in [-0.39, 0.29) is 24.8 Å². The first kappa shape index (κ1) is 20.0. The van der Waals surface area contributed by atoms with Crippen molar-refractivity contribution in [2.24, 2.45) is 0 Å². The summed E-state index contributed by atoms with van der Waals surface area (Å²) in [5, 5.41) is 9.47. The monoisotopic (exact) mass is 411 g/mol. The molecule has 2 N–H and O–H groups in total. The van der Waals surface area contributed by atoms with Crippen LogP contribution >= 0.6 is 0 Å². The molecule has 2 amide bonds. The summed E-state index contributed by atoms with van der Waals surface area (Å²) in [5.41, 5.74) is 4.59. The first-order chi connectivity index (χ1) is 15.2. The van der Waals surface area contributed by atoms with Crippen LogP contribution in [0, 0.1) is 0 Å². The molecule has 0 radical (unpaired) electrons. The van der Waals surface area contributed by atoms with Crippen LogP contribution in [0.15, 0.2) is 91.5 Å². The molecule has 0 aliphatic heterocycles. The Morgan fingerprint density at radius 3 is 2.19 bits per heavy atom. The largest absolute Gasteiger partial charge is 0.347 e.